The largest absolute Gasteiger partial charge is 0.385 e. The zero-order valence-electron chi connectivity index (χ0n) is 16.1. The van der Waals surface area contributed by atoms with Crippen LogP contribution in [0, 0.1) is 6.92 Å². The van der Waals surface area contributed by atoms with Crippen LogP contribution in [0.1, 0.15) is 48.1 Å². The summed E-state index contributed by atoms with van der Waals surface area (Å²) < 4.78 is 5.10. The highest BCUT2D eigenvalue weighted by molar-refractivity contribution is 5.78. The van der Waals surface area contributed by atoms with E-state index in [0.29, 0.717) is 24.8 Å². The molecule has 0 saturated heterocycles. The number of pyridine rings is 1. The van der Waals surface area contributed by atoms with Crippen molar-refractivity contribution in [3.8, 4) is 0 Å². The molecule has 2 rings (SSSR count). The van der Waals surface area contributed by atoms with Crippen LogP contribution >= 0.6 is 0 Å². The van der Waals surface area contributed by atoms with E-state index < -0.39 is 0 Å². The normalized spacial score (nSPS) is 11.6. The quantitative estimate of drug-likeness (QED) is 0.631. The van der Waals surface area contributed by atoms with Crippen LogP contribution in [0.3, 0.4) is 0 Å². The molecule has 0 fully saturated rings. The summed E-state index contributed by atoms with van der Waals surface area (Å²) in [6.45, 7) is 2.53. The lowest BCUT2D eigenvalue weighted by atomic mass is 9.97. The third-order valence-electron chi connectivity index (χ3n) is 4.45. The van der Waals surface area contributed by atoms with E-state index in [2.05, 4.69) is 35.3 Å². The fourth-order valence-electron chi connectivity index (χ4n) is 2.88. The number of aryl methyl sites for hydroxylation is 2. The van der Waals surface area contributed by atoms with E-state index in [4.69, 9.17) is 10.5 Å². The first-order valence-corrected chi connectivity index (χ1v) is 9.28. The number of hydrogen-bond acceptors (Lipinski definition) is 3. The fraction of sp³-hybridized carbons (Fsp3) is 0.364. The van der Waals surface area contributed by atoms with E-state index in [1.54, 1.807) is 14.0 Å². The summed E-state index contributed by atoms with van der Waals surface area (Å²) in [5, 5.41) is 0. The number of allylic oxidation sites excluding steroid dienone is 1. The van der Waals surface area contributed by atoms with Crippen molar-refractivity contribution in [2.75, 3.05) is 13.7 Å². The Kier molecular flexibility index (Phi) is 8.01. The molecule has 3 N–H and O–H groups in total. The van der Waals surface area contributed by atoms with Gasteiger partial charge in [0, 0.05) is 37.0 Å². The predicted octanol–water partition coefficient (Wildman–Crippen LogP) is 3.35. The fourth-order valence-corrected chi connectivity index (χ4v) is 2.88. The number of primary amides is 1. The Morgan fingerprint density at radius 3 is 2.52 bits per heavy atom. The van der Waals surface area contributed by atoms with Crippen LogP contribution in [0.15, 0.2) is 47.3 Å². The van der Waals surface area contributed by atoms with Crippen molar-refractivity contribution in [1.82, 2.24) is 4.98 Å². The number of amides is 1. The van der Waals surface area contributed by atoms with Gasteiger partial charge in [-0.1, -0.05) is 36.4 Å². The Morgan fingerprint density at radius 1 is 1.15 bits per heavy atom. The Bertz CT molecular complexity index is 835. The van der Waals surface area contributed by atoms with Gasteiger partial charge in [0.25, 0.3) is 5.56 Å². The standard InChI is InChI=1S/C22H28N2O3/c1-16-9-14-20(24-22(16)26)19(7-3-4-8-21(23)25)18-12-10-17(11-13-18)6-5-15-27-2/h7,9-14H,3-6,8,15H2,1-2H3,(H2,23,25)(H,24,26)/b19-7+. The Labute approximate surface area is 160 Å². The molecule has 0 bridgehead atoms. The summed E-state index contributed by atoms with van der Waals surface area (Å²) in [6, 6.07) is 12.1. The van der Waals surface area contributed by atoms with Gasteiger partial charge in [0.1, 0.15) is 0 Å². The second kappa shape index (κ2) is 10.5. The zero-order chi connectivity index (χ0) is 19.6. The summed E-state index contributed by atoms with van der Waals surface area (Å²) in [4.78, 5) is 25.9. The van der Waals surface area contributed by atoms with Gasteiger partial charge in [-0.2, -0.15) is 0 Å². The third-order valence-corrected chi connectivity index (χ3v) is 4.45. The summed E-state index contributed by atoms with van der Waals surface area (Å²) >= 11 is 0. The molecule has 144 valence electrons. The first kappa shape index (κ1) is 20.6. The molecule has 27 heavy (non-hydrogen) atoms. The molecular formula is C22H28N2O3. The predicted molar refractivity (Wildman–Crippen MR) is 109 cm³/mol. The lowest BCUT2D eigenvalue weighted by Crippen LogP contribution is -2.11. The van der Waals surface area contributed by atoms with Crippen molar-refractivity contribution >= 4 is 11.5 Å². The van der Waals surface area contributed by atoms with E-state index in [9.17, 15) is 9.59 Å². The molecule has 0 saturated carbocycles. The van der Waals surface area contributed by atoms with Crippen LogP contribution in [0.4, 0.5) is 0 Å². The van der Waals surface area contributed by atoms with Crippen LogP contribution in [0.5, 0.6) is 0 Å². The van der Waals surface area contributed by atoms with Gasteiger partial charge in [0.15, 0.2) is 0 Å². The zero-order valence-corrected chi connectivity index (χ0v) is 16.1. The number of benzene rings is 1. The maximum absolute atomic E-state index is 12.0. The maximum atomic E-state index is 12.0. The van der Waals surface area contributed by atoms with Crippen molar-refractivity contribution in [3.05, 3.63) is 75.2 Å². The number of ether oxygens (including phenoxy) is 1. The first-order valence-electron chi connectivity index (χ1n) is 9.28. The number of nitrogens with two attached hydrogens (primary N) is 1. The monoisotopic (exact) mass is 368 g/mol. The van der Waals surface area contributed by atoms with E-state index in [1.807, 2.05) is 12.1 Å². The van der Waals surface area contributed by atoms with Crippen LogP contribution in [-0.2, 0) is 16.0 Å². The molecule has 0 radical (unpaired) electrons. The molecule has 0 aliphatic heterocycles. The highest BCUT2D eigenvalue weighted by atomic mass is 16.5. The molecule has 5 heteroatoms. The van der Waals surface area contributed by atoms with Gasteiger partial charge in [0.05, 0.1) is 0 Å². The van der Waals surface area contributed by atoms with E-state index in [-0.39, 0.29) is 11.5 Å². The Hall–Kier alpha value is -2.66. The molecule has 1 amide bonds. The van der Waals surface area contributed by atoms with Gasteiger partial charge in [-0.15, -0.1) is 0 Å². The summed E-state index contributed by atoms with van der Waals surface area (Å²) in [5.41, 5.74) is 9.82. The van der Waals surface area contributed by atoms with Gasteiger partial charge < -0.3 is 15.5 Å². The van der Waals surface area contributed by atoms with E-state index >= 15 is 0 Å². The minimum Gasteiger partial charge on any atom is -0.385 e. The lowest BCUT2D eigenvalue weighted by molar-refractivity contribution is -0.118. The molecule has 1 aromatic heterocycles. The molecule has 0 aliphatic rings. The minimum atomic E-state index is -0.297. The molecule has 1 aromatic carbocycles. The van der Waals surface area contributed by atoms with Crippen LogP contribution < -0.4 is 11.3 Å². The van der Waals surface area contributed by atoms with Gasteiger partial charge in [-0.25, -0.2) is 0 Å². The van der Waals surface area contributed by atoms with Crippen molar-refractivity contribution < 1.29 is 9.53 Å². The van der Waals surface area contributed by atoms with Crippen molar-refractivity contribution in [2.45, 2.75) is 39.0 Å². The Balaban J connectivity index is 2.25. The second-order valence-electron chi connectivity index (χ2n) is 6.65. The van der Waals surface area contributed by atoms with Gasteiger partial charge in [-0.05, 0) is 49.8 Å². The average molecular weight is 368 g/mol. The summed E-state index contributed by atoms with van der Waals surface area (Å²) in [5.74, 6) is -0.297. The van der Waals surface area contributed by atoms with Gasteiger partial charge in [-0.3, -0.25) is 9.59 Å². The molecular weight excluding hydrogens is 340 g/mol. The smallest absolute Gasteiger partial charge is 0.251 e. The number of nitrogens with one attached hydrogen (secondary N) is 1. The molecule has 0 unspecified atom stereocenters. The van der Waals surface area contributed by atoms with E-state index in [0.717, 1.165) is 36.3 Å². The molecule has 5 nitrogen and oxygen atoms in total. The van der Waals surface area contributed by atoms with Gasteiger partial charge in [0.2, 0.25) is 5.91 Å². The molecule has 1 heterocycles. The highest BCUT2D eigenvalue weighted by Crippen LogP contribution is 2.23. The molecule has 0 atom stereocenters. The molecule has 0 spiro atoms. The average Bonchev–Trinajstić information content (AvgIpc) is 2.65. The number of carbonyl (C=O) groups excluding carboxylic acids is 1. The molecule has 0 aliphatic carbocycles. The number of aromatic nitrogens is 1. The number of carbonyl (C=O) groups is 1. The number of H-pyrrole nitrogens is 1. The van der Waals surface area contributed by atoms with Crippen LogP contribution in [0.25, 0.3) is 5.57 Å². The van der Waals surface area contributed by atoms with Crippen molar-refractivity contribution in [3.63, 3.8) is 0 Å². The third kappa shape index (κ3) is 6.53. The number of unbranched alkanes of at least 4 members (excludes halogenated alkanes) is 1. The minimum absolute atomic E-state index is 0.0910. The lowest BCUT2D eigenvalue weighted by Gasteiger charge is -2.10. The number of hydrogen-bond donors (Lipinski definition) is 2. The maximum Gasteiger partial charge on any atom is 0.251 e. The number of rotatable bonds is 10. The number of aromatic amines is 1. The second-order valence-corrected chi connectivity index (χ2v) is 6.65. The topological polar surface area (TPSA) is 85.2 Å². The van der Waals surface area contributed by atoms with Gasteiger partial charge >= 0.3 is 0 Å². The van der Waals surface area contributed by atoms with Crippen LogP contribution in [-0.4, -0.2) is 24.6 Å². The summed E-state index contributed by atoms with van der Waals surface area (Å²) in [6.07, 6.45) is 5.76. The Morgan fingerprint density at radius 2 is 1.89 bits per heavy atom. The van der Waals surface area contributed by atoms with E-state index in [1.165, 1.54) is 5.56 Å². The van der Waals surface area contributed by atoms with Crippen LogP contribution in [0.2, 0.25) is 0 Å². The first-order chi connectivity index (χ1) is 13.0. The van der Waals surface area contributed by atoms with Crippen molar-refractivity contribution in [1.29, 1.82) is 0 Å². The molecule has 2 aromatic rings. The SMILES string of the molecule is COCCCc1ccc(/C(=C\CCCC(N)=O)c2ccc(C)c(=O)[nH]2)cc1. The highest BCUT2D eigenvalue weighted by Gasteiger charge is 2.08. The van der Waals surface area contributed by atoms with Crippen molar-refractivity contribution in [2.24, 2.45) is 5.73 Å². The summed E-state index contributed by atoms with van der Waals surface area (Å²) in [7, 11) is 1.71. The number of methoxy groups -OCH3 is 1.